The maximum Gasteiger partial charge on any atom is 0.258 e. The van der Waals surface area contributed by atoms with Crippen molar-refractivity contribution in [1.82, 2.24) is 4.90 Å². The monoisotopic (exact) mass is 314 g/mol. The van der Waals surface area contributed by atoms with Crippen LogP contribution in [0, 0.1) is 0 Å². The molecule has 1 fully saturated rings. The van der Waals surface area contributed by atoms with Gasteiger partial charge in [0.25, 0.3) is 5.91 Å². The normalized spacial score (nSPS) is 17.3. The number of rotatable bonds is 4. The molecular weight excluding hydrogens is 292 g/mol. The van der Waals surface area contributed by atoms with Gasteiger partial charge >= 0.3 is 0 Å². The Balaban J connectivity index is 1.75. The van der Waals surface area contributed by atoms with Gasteiger partial charge in [0.15, 0.2) is 0 Å². The first-order valence-electron chi connectivity index (χ1n) is 7.89. The van der Waals surface area contributed by atoms with Crippen LogP contribution in [0.25, 0.3) is 10.4 Å². The molecule has 0 bridgehead atoms. The van der Waals surface area contributed by atoms with Crippen molar-refractivity contribution in [3.63, 3.8) is 0 Å². The molecule has 2 N–H and O–H groups in total. The zero-order valence-electron chi connectivity index (χ0n) is 12.9. The Bertz CT molecular complexity index is 641. The highest BCUT2D eigenvalue weighted by molar-refractivity contribution is 7.17. The molecule has 0 saturated carbocycles. The summed E-state index contributed by atoms with van der Waals surface area (Å²) in [5.74, 6) is -0.355. The molecular formula is C18H22N2OS. The summed E-state index contributed by atoms with van der Waals surface area (Å²) >= 11 is 1.45. The van der Waals surface area contributed by atoms with Gasteiger partial charge in [-0.25, -0.2) is 0 Å². The van der Waals surface area contributed by atoms with Crippen molar-refractivity contribution in [1.29, 1.82) is 0 Å². The summed E-state index contributed by atoms with van der Waals surface area (Å²) in [4.78, 5) is 15.5. The lowest BCUT2D eigenvalue weighted by Crippen LogP contribution is -2.32. The van der Waals surface area contributed by atoms with E-state index in [0.29, 0.717) is 10.9 Å². The van der Waals surface area contributed by atoms with Crippen molar-refractivity contribution in [2.24, 2.45) is 5.73 Å². The molecule has 0 unspecified atom stereocenters. The lowest BCUT2D eigenvalue weighted by molar-refractivity contribution is 0.100. The van der Waals surface area contributed by atoms with Gasteiger partial charge < -0.3 is 5.73 Å². The number of primary amides is 1. The summed E-state index contributed by atoms with van der Waals surface area (Å²) in [6, 6.07) is 12.9. The Morgan fingerprint density at radius 1 is 1.09 bits per heavy atom. The molecule has 4 heteroatoms. The first-order chi connectivity index (χ1) is 10.6. The Labute approximate surface area is 135 Å². The second kappa shape index (κ2) is 6.63. The number of carbonyl (C=O) groups excluding carboxylic acids is 1. The molecule has 1 aliphatic rings. The maximum absolute atomic E-state index is 11.2. The standard InChI is InChI=1S/C18H22N2OS/c1-13(20-11-3-2-4-12-20)14-5-7-15(8-6-14)16-9-10-17(22-16)18(19)21/h5-10,13H,2-4,11-12H2,1H3,(H2,19,21)/t13-/m0/s1. The van der Waals surface area contributed by atoms with Crippen LogP contribution < -0.4 is 5.73 Å². The Morgan fingerprint density at radius 2 is 1.77 bits per heavy atom. The number of thiophene rings is 1. The minimum atomic E-state index is -0.355. The topological polar surface area (TPSA) is 46.3 Å². The lowest BCUT2D eigenvalue weighted by atomic mass is 10.0. The number of piperidine rings is 1. The third kappa shape index (κ3) is 3.23. The van der Waals surface area contributed by atoms with Crippen LogP contribution in [0.2, 0.25) is 0 Å². The number of nitrogens with zero attached hydrogens (tertiary/aromatic N) is 1. The highest BCUT2D eigenvalue weighted by atomic mass is 32.1. The molecule has 2 heterocycles. The number of likely N-dealkylation sites (tertiary alicyclic amines) is 1. The smallest absolute Gasteiger partial charge is 0.258 e. The second-order valence-corrected chi connectivity index (χ2v) is 7.01. The van der Waals surface area contributed by atoms with E-state index in [4.69, 9.17) is 5.73 Å². The quantitative estimate of drug-likeness (QED) is 0.925. The van der Waals surface area contributed by atoms with Crippen LogP contribution in [0.3, 0.4) is 0 Å². The van der Waals surface area contributed by atoms with E-state index in [1.807, 2.05) is 6.07 Å². The highest BCUT2D eigenvalue weighted by Crippen LogP contribution is 2.30. The predicted molar refractivity (Wildman–Crippen MR) is 92.1 cm³/mol. The van der Waals surface area contributed by atoms with Gasteiger partial charge in [0.05, 0.1) is 4.88 Å². The first-order valence-corrected chi connectivity index (χ1v) is 8.71. The van der Waals surface area contributed by atoms with Crippen LogP contribution in [-0.2, 0) is 0 Å². The molecule has 3 rings (SSSR count). The van der Waals surface area contributed by atoms with Crippen LogP contribution >= 0.6 is 11.3 Å². The Hall–Kier alpha value is -1.65. The predicted octanol–water partition coefficient (Wildman–Crippen LogP) is 4.06. The minimum Gasteiger partial charge on any atom is -0.365 e. The molecule has 22 heavy (non-hydrogen) atoms. The number of carbonyl (C=O) groups is 1. The van der Waals surface area contributed by atoms with Crippen LogP contribution in [0.5, 0.6) is 0 Å². The lowest BCUT2D eigenvalue weighted by Gasteiger charge is -2.32. The molecule has 1 saturated heterocycles. The van der Waals surface area contributed by atoms with Gasteiger partial charge in [-0.1, -0.05) is 30.7 Å². The Kier molecular flexibility index (Phi) is 4.60. The number of hydrogen-bond acceptors (Lipinski definition) is 3. The third-order valence-corrected chi connectivity index (χ3v) is 5.61. The summed E-state index contributed by atoms with van der Waals surface area (Å²) in [6.07, 6.45) is 3.99. The third-order valence-electron chi connectivity index (χ3n) is 4.46. The van der Waals surface area contributed by atoms with Gasteiger partial charge in [0.2, 0.25) is 0 Å². The summed E-state index contributed by atoms with van der Waals surface area (Å²) in [5.41, 5.74) is 7.82. The van der Waals surface area contributed by atoms with E-state index >= 15 is 0 Å². The van der Waals surface area contributed by atoms with Crippen molar-refractivity contribution in [2.75, 3.05) is 13.1 Å². The van der Waals surface area contributed by atoms with Gasteiger partial charge in [-0.15, -0.1) is 11.3 Å². The van der Waals surface area contributed by atoms with Gasteiger partial charge in [-0.3, -0.25) is 9.69 Å². The fraction of sp³-hybridized carbons (Fsp3) is 0.389. The molecule has 3 nitrogen and oxygen atoms in total. The molecule has 0 radical (unpaired) electrons. The number of benzene rings is 1. The van der Waals surface area contributed by atoms with Gasteiger partial charge in [0, 0.05) is 10.9 Å². The van der Waals surface area contributed by atoms with E-state index < -0.39 is 0 Å². The summed E-state index contributed by atoms with van der Waals surface area (Å²) in [6.45, 7) is 4.70. The van der Waals surface area contributed by atoms with E-state index in [1.54, 1.807) is 6.07 Å². The van der Waals surface area contributed by atoms with Crippen LogP contribution in [-0.4, -0.2) is 23.9 Å². The number of hydrogen-bond donors (Lipinski definition) is 1. The molecule has 2 aromatic rings. The summed E-state index contributed by atoms with van der Waals surface area (Å²) in [5, 5.41) is 0. The number of amides is 1. The van der Waals surface area contributed by atoms with E-state index in [-0.39, 0.29) is 5.91 Å². The molecule has 1 amide bonds. The van der Waals surface area contributed by atoms with Crippen molar-refractivity contribution in [2.45, 2.75) is 32.2 Å². The number of nitrogens with two attached hydrogens (primary N) is 1. The fourth-order valence-electron chi connectivity index (χ4n) is 3.07. The minimum absolute atomic E-state index is 0.355. The van der Waals surface area contributed by atoms with Crippen molar-refractivity contribution in [3.05, 3.63) is 46.8 Å². The average molecular weight is 314 g/mol. The van der Waals surface area contributed by atoms with E-state index in [9.17, 15) is 4.79 Å². The molecule has 1 aromatic heterocycles. The van der Waals surface area contributed by atoms with Crippen molar-refractivity contribution < 1.29 is 4.79 Å². The molecule has 1 aromatic carbocycles. The Morgan fingerprint density at radius 3 is 2.36 bits per heavy atom. The summed E-state index contributed by atoms with van der Waals surface area (Å²) < 4.78 is 0. The van der Waals surface area contributed by atoms with E-state index in [2.05, 4.69) is 36.1 Å². The zero-order valence-corrected chi connectivity index (χ0v) is 13.7. The van der Waals surface area contributed by atoms with Crippen LogP contribution in [0.15, 0.2) is 36.4 Å². The molecule has 0 aliphatic carbocycles. The van der Waals surface area contributed by atoms with Crippen LogP contribution in [0.4, 0.5) is 0 Å². The molecule has 1 aliphatic heterocycles. The van der Waals surface area contributed by atoms with Gasteiger partial charge in [0.1, 0.15) is 0 Å². The van der Waals surface area contributed by atoms with Crippen molar-refractivity contribution >= 4 is 17.2 Å². The molecule has 1 atom stereocenters. The molecule has 0 spiro atoms. The first kappa shape index (κ1) is 15.3. The fourth-order valence-corrected chi connectivity index (χ4v) is 3.93. The highest BCUT2D eigenvalue weighted by Gasteiger charge is 2.18. The van der Waals surface area contributed by atoms with E-state index in [0.717, 1.165) is 10.4 Å². The zero-order chi connectivity index (χ0) is 15.5. The largest absolute Gasteiger partial charge is 0.365 e. The second-order valence-electron chi connectivity index (χ2n) is 5.92. The van der Waals surface area contributed by atoms with Crippen molar-refractivity contribution in [3.8, 4) is 10.4 Å². The molecule has 116 valence electrons. The maximum atomic E-state index is 11.2. The van der Waals surface area contributed by atoms with Gasteiger partial charge in [-0.2, -0.15) is 0 Å². The summed E-state index contributed by atoms with van der Waals surface area (Å²) in [7, 11) is 0. The SMILES string of the molecule is C[C@@H](c1ccc(-c2ccc(C(N)=O)s2)cc1)N1CCCCC1. The van der Waals surface area contributed by atoms with E-state index in [1.165, 1.54) is 49.3 Å². The van der Waals surface area contributed by atoms with Gasteiger partial charge in [-0.05, 0) is 56.1 Å². The van der Waals surface area contributed by atoms with Crippen LogP contribution in [0.1, 0.15) is 47.5 Å². The average Bonchev–Trinajstić information content (AvgIpc) is 3.05.